The summed E-state index contributed by atoms with van der Waals surface area (Å²) >= 11 is 0. The molecule has 104 valence electrons. The normalized spacial score (nSPS) is 10.6. The maximum atomic E-state index is 10.8. The van der Waals surface area contributed by atoms with Gasteiger partial charge >= 0.3 is 5.97 Å². The number of pyridine rings is 1. The first-order valence-corrected chi connectivity index (χ1v) is 6.45. The monoisotopic (exact) mass is 271 g/mol. The molecule has 0 radical (unpaired) electrons. The highest BCUT2D eigenvalue weighted by atomic mass is 16.5. The highest BCUT2D eigenvalue weighted by Gasteiger charge is 2.10. The van der Waals surface area contributed by atoms with Gasteiger partial charge in [-0.05, 0) is 42.2 Å². The fourth-order valence-electron chi connectivity index (χ4n) is 1.90. The van der Waals surface area contributed by atoms with E-state index < -0.39 is 5.97 Å². The summed E-state index contributed by atoms with van der Waals surface area (Å²) in [5.74, 6) is 0.610. The van der Waals surface area contributed by atoms with Crippen molar-refractivity contribution in [2.24, 2.45) is 0 Å². The number of hydrogen-bond acceptors (Lipinski definition) is 3. The number of aryl methyl sites for hydroxylation is 1. The molecule has 0 aliphatic carbocycles. The van der Waals surface area contributed by atoms with E-state index in [2.05, 4.69) is 18.8 Å². The molecule has 0 unspecified atom stereocenters. The molecule has 2 rings (SSSR count). The van der Waals surface area contributed by atoms with Gasteiger partial charge in [0.2, 0.25) is 0 Å². The summed E-state index contributed by atoms with van der Waals surface area (Å²) in [6.07, 6.45) is 1.43. The Morgan fingerprint density at radius 2 is 2.00 bits per heavy atom. The van der Waals surface area contributed by atoms with Crippen molar-refractivity contribution in [2.45, 2.75) is 26.7 Å². The zero-order valence-electron chi connectivity index (χ0n) is 11.8. The standard InChI is InChI=1S/C16H17NO3/c1-10(2)13-6-4-11(3)8-15(13)20-12-5-7-14(16(18)19)17-9-12/h4-10H,1-3H3,(H,18,19). The van der Waals surface area contributed by atoms with Crippen LogP contribution in [0.2, 0.25) is 0 Å². The number of rotatable bonds is 4. The first kappa shape index (κ1) is 14.1. The zero-order valence-corrected chi connectivity index (χ0v) is 11.8. The molecule has 1 N–H and O–H groups in total. The van der Waals surface area contributed by atoms with Gasteiger partial charge in [-0.2, -0.15) is 0 Å². The molecule has 0 amide bonds. The zero-order chi connectivity index (χ0) is 14.7. The van der Waals surface area contributed by atoms with Crippen molar-refractivity contribution < 1.29 is 14.6 Å². The molecular formula is C16H17NO3. The van der Waals surface area contributed by atoms with Gasteiger partial charge in [-0.3, -0.25) is 0 Å². The van der Waals surface area contributed by atoms with E-state index in [4.69, 9.17) is 9.84 Å². The van der Waals surface area contributed by atoms with Crippen LogP contribution in [-0.2, 0) is 0 Å². The lowest BCUT2D eigenvalue weighted by Gasteiger charge is -2.14. The molecule has 4 nitrogen and oxygen atoms in total. The number of carbonyl (C=O) groups is 1. The summed E-state index contributed by atoms with van der Waals surface area (Å²) in [7, 11) is 0. The number of aromatic nitrogens is 1. The van der Waals surface area contributed by atoms with Crippen LogP contribution in [0, 0.1) is 6.92 Å². The molecule has 0 saturated carbocycles. The average Bonchev–Trinajstić information content (AvgIpc) is 2.39. The van der Waals surface area contributed by atoms with Crippen molar-refractivity contribution in [3.05, 3.63) is 53.3 Å². The Balaban J connectivity index is 2.29. The summed E-state index contributed by atoms with van der Waals surface area (Å²) in [5, 5.41) is 8.82. The van der Waals surface area contributed by atoms with Gasteiger partial charge in [0.15, 0.2) is 0 Å². The smallest absolute Gasteiger partial charge is 0.354 e. The van der Waals surface area contributed by atoms with E-state index in [1.807, 2.05) is 25.1 Å². The van der Waals surface area contributed by atoms with Crippen LogP contribution in [0.1, 0.15) is 41.4 Å². The Bertz CT molecular complexity index is 618. The van der Waals surface area contributed by atoms with E-state index in [-0.39, 0.29) is 5.69 Å². The lowest BCUT2D eigenvalue weighted by molar-refractivity contribution is 0.0690. The first-order chi connectivity index (χ1) is 9.47. The van der Waals surface area contributed by atoms with Gasteiger partial charge in [0.1, 0.15) is 17.2 Å². The molecule has 2 aromatic rings. The van der Waals surface area contributed by atoms with Crippen molar-refractivity contribution in [2.75, 3.05) is 0 Å². The van der Waals surface area contributed by atoms with Crippen molar-refractivity contribution in [1.82, 2.24) is 4.98 Å². The topological polar surface area (TPSA) is 59.4 Å². The Labute approximate surface area is 118 Å². The molecule has 0 bridgehead atoms. The first-order valence-electron chi connectivity index (χ1n) is 6.45. The molecule has 0 fully saturated rings. The number of carboxylic acid groups (broad SMARTS) is 1. The van der Waals surface area contributed by atoms with Gasteiger partial charge in [0.05, 0.1) is 6.20 Å². The number of nitrogens with zero attached hydrogens (tertiary/aromatic N) is 1. The molecular weight excluding hydrogens is 254 g/mol. The van der Waals surface area contributed by atoms with Gasteiger partial charge in [-0.15, -0.1) is 0 Å². The number of ether oxygens (including phenoxy) is 1. The van der Waals surface area contributed by atoms with Crippen LogP contribution in [0.25, 0.3) is 0 Å². The molecule has 0 atom stereocenters. The largest absolute Gasteiger partial charge is 0.477 e. The minimum atomic E-state index is -1.05. The Morgan fingerprint density at radius 1 is 1.25 bits per heavy atom. The third kappa shape index (κ3) is 3.15. The molecule has 0 aliphatic heterocycles. The molecule has 0 saturated heterocycles. The van der Waals surface area contributed by atoms with Crippen LogP contribution in [-0.4, -0.2) is 16.1 Å². The maximum absolute atomic E-state index is 10.8. The van der Waals surface area contributed by atoms with Crippen LogP contribution >= 0.6 is 0 Å². The molecule has 1 heterocycles. The van der Waals surface area contributed by atoms with Gasteiger partial charge in [0, 0.05) is 0 Å². The summed E-state index contributed by atoms with van der Waals surface area (Å²) in [6.45, 7) is 6.20. The van der Waals surface area contributed by atoms with E-state index in [9.17, 15) is 4.79 Å². The van der Waals surface area contributed by atoms with E-state index >= 15 is 0 Å². The second-order valence-electron chi connectivity index (χ2n) is 4.98. The lowest BCUT2D eigenvalue weighted by atomic mass is 10.0. The van der Waals surface area contributed by atoms with Gasteiger partial charge in [-0.1, -0.05) is 26.0 Å². The summed E-state index contributed by atoms with van der Waals surface area (Å²) < 4.78 is 5.83. The van der Waals surface area contributed by atoms with Crippen LogP contribution in [0.3, 0.4) is 0 Å². The van der Waals surface area contributed by atoms with E-state index in [1.165, 1.54) is 12.3 Å². The van der Waals surface area contributed by atoms with Crippen LogP contribution in [0.15, 0.2) is 36.5 Å². The predicted octanol–water partition coefficient (Wildman–Crippen LogP) is 4.00. The maximum Gasteiger partial charge on any atom is 0.354 e. The molecule has 20 heavy (non-hydrogen) atoms. The summed E-state index contributed by atoms with van der Waals surface area (Å²) in [6, 6.07) is 9.12. The van der Waals surface area contributed by atoms with Gasteiger partial charge < -0.3 is 9.84 Å². The van der Waals surface area contributed by atoms with E-state index in [1.54, 1.807) is 6.07 Å². The molecule has 1 aromatic heterocycles. The van der Waals surface area contributed by atoms with Crippen LogP contribution in [0.5, 0.6) is 11.5 Å². The lowest BCUT2D eigenvalue weighted by Crippen LogP contribution is -2.00. The van der Waals surface area contributed by atoms with E-state index in [0.717, 1.165) is 16.9 Å². The summed E-state index contributed by atoms with van der Waals surface area (Å²) in [4.78, 5) is 14.6. The third-order valence-electron chi connectivity index (χ3n) is 2.97. The van der Waals surface area contributed by atoms with Crippen LogP contribution < -0.4 is 4.74 Å². The molecule has 0 spiro atoms. The second-order valence-corrected chi connectivity index (χ2v) is 4.98. The van der Waals surface area contributed by atoms with Crippen molar-refractivity contribution in [3.8, 4) is 11.5 Å². The van der Waals surface area contributed by atoms with Crippen molar-refractivity contribution >= 4 is 5.97 Å². The highest BCUT2D eigenvalue weighted by molar-refractivity contribution is 5.85. The SMILES string of the molecule is Cc1ccc(C(C)C)c(Oc2ccc(C(=O)O)nc2)c1. The number of aromatic carboxylic acids is 1. The quantitative estimate of drug-likeness (QED) is 0.912. The number of carboxylic acids is 1. The Kier molecular flexibility index (Phi) is 4.03. The van der Waals surface area contributed by atoms with Crippen molar-refractivity contribution in [1.29, 1.82) is 0 Å². The Hall–Kier alpha value is -2.36. The minimum Gasteiger partial charge on any atom is -0.477 e. The highest BCUT2D eigenvalue weighted by Crippen LogP contribution is 2.31. The number of hydrogen-bond donors (Lipinski definition) is 1. The summed E-state index contributed by atoms with van der Waals surface area (Å²) in [5.41, 5.74) is 2.23. The molecule has 1 aromatic carbocycles. The van der Waals surface area contributed by atoms with Crippen LogP contribution in [0.4, 0.5) is 0 Å². The van der Waals surface area contributed by atoms with Crippen molar-refractivity contribution in [3.63, 3.8) is 0 Å². The average molecular weight is 271 g/mol. The van der Waals surface area contributed by atoms with Gasteiger partial charge in [0.25, 0.3) is 0 Å². The van der Waals surface area contributed by atoms with E-state index in [0.29, 0.717) is 11.7 Å². The molecule has 4 heteroatoms. The minimum absolute atomic E-state index is 0.00525. The third-order valence-corrected chi connectivity index (χ3v) is 2.97. The Morgan fingerprint density at radius 3 is 2.55 bits per heavy atom. The molecule has 0 aliphatic rings. The second kappa shape index (κ2) is 5.74. The fraction of sp³-hybridized carbons (Fsp3) is 0.250. The number of benzene rings is 1. The fourth-order valence-corrected chi connectivity index (χ4v) is 1.90. The van der Waals surface area contributed by atoms with Gasteiger partial charge in [-0.25, -0.2) is 9.78 Å². The predicted molar refractivity (Wildman–Crippen MR) is 76.5 cm³/mol.